The van der Waals surface area contributed by atoms with Gasteiger partial charge in [0, 0.05) is 19.1 Å². The Morgan fingerprint density at radius 3 is 2.74 bits per heavy atom. The van der Waals surface area contributed by atoms with Crippen molar-refractivity contribution in [3.8, 4) is 0 Å². The molecule has 1 fully saturated rings. The quantitative estimate of drug-likeness (QED) is 0.940. The highest BCUT2D eigenvalue weighted by atomic mass is 16.4. The van der Waals surface area contributed by atoms with Gasteiger partial charge in [-0.2, -0.15) is 0 Å². The number of carboxylic acid groups (broad SMARTS) is 1. The standard InChI is InChI=1S/C18H21N3O2/c1-12-5-3-4-6-16(12)14-7-13(2)21(10-14)11-15-8-20-17(9-19-15)18(22)23/h3-6,8-9,13-14H,7,10-11H2,1-2H3,(H,22,23). The molecular weight excluding hydrogens is 290 g/mol. The molecule has 3 rings (SSSR count). The summed E-state index contributed by atoms with van der Waals surface area (Å²) < 4.78 is 0. The first-order chi connectivity index (χ1) is 11.0. The molecule has 2 unspecified atom stereocenters. The van der Waals surface area contributed by atoms with Crippen LogP contribution in [0.3, 0.4) is 0 Å². The zero-order valence-electron chi connectivity index (χ0n) is 13.4. The van der Waals surface area contributed by atoms with Crippen LogP contribution in [-0.2, 0) is 6.54 Å². The van der Waals surface area contributed by atoms with Crippen LogP contribution < -0.4 is 0 Å². The molecule has 0 bridgehead atoms. The van der Waals surface area contributed by atoms with E-state index in [-0.39, 0.29) is 5.69 Å². The van der Waals surface area contributed by atoms with E-state index in [2.05, 4.69) is 53.0 Å². The summed E-state index contributed by atoms with van der Waals surface area (Å²) in [7, 11) is 0. The molecule has 2 atom stereocenters. The van der Waals surface area contributed by atoms with Crippen LogP contribution in [0.15, 0.2) is 36.7 Å². The fourth-order valence-electron chi connectivity index (χ4n) is 3.34. The van der Waals surface area contributed by atoms with Crippen LogP contribution in [0.5, 0.6) is 0 Å². The van der Waals surface area contributed by atoms with Gasteiger partial charge in [-0.3, -0.25) is 9.88 Å². The molecule has 2 aromatic rings. The predicted molar refractivity (Wildman–Crippen MR) is 87.4 cm³/mol. The summed E-state index contributed by atoms with van der Waals surface area (Å²) in [6.07, 6.45) is 4.03. The molecule has 2 heterocycles. The van der Waals surface area contributed by atoms with Crippen molar-refractivity contribution in [2.24, 2.45) is 0 Å². The lowest BCUT2D eigenvalue weighted by atomic mass is 9.93. The summed E-state index contributed by atoms with van der Waals surface area (Å²) >= 11 is 0. The molecule has 1 N–H and O–H groups in total. The Bertz CT molecular complexity index is 700. The van der Waals surface area contributed by atoms with Gasteiger partial charge in [0.25, 0.3) is 0 Å². The Balaban J connectivity index is 1.70. The topological polar surface area (TPSA) is 66.3 Å². The van der Waals surface area contributed by atoms with Gasteiger partial charge in [0.15, 0.2) is 5.69 Å². The fourth-order valence-corrected chi connectivity index (χ4v) is 3.34. The van der Waals surface area contributed by atoms with Gasteiger partial charge < -0.3 is 5.11 Å². The highest BCUT2D eigenvalue weighted by Crippen LogP contribution is 2.33. The minimum atomic E-state index is -1.04. The van der Waals surface area contributed by atoms with Crippen LogP contribution in [0.2, 0.25) is 0 Å². The normalized spacial score (nSPS) is 21.5. The van der Waals surface area contributed by atoms with E-state index in [0.717, 1.165) is 18.7 Å². The van der Waals surface area contributed by atoms with Crippen molar-refractivity contribution in [1.82, 2.24) is 14.9 Å². The average molecular weight is 311 g/mol. The smallest absolute Gasteiger partial charge is 0.356 e. The maximum Gasteiger partial charge on any atom is 0.356 e. The Morgan fingerprint density at radius 2 is 2.09 bits per heavy atom. The largest absolute Gasteiger partial charge is 0.476 e. The first kappa shape index (κ1) is 15.6. The summed E-state index contributed by atoms with van der Waals surface area (Å²) in [5, 5.41) is 8.88. The van der Waals surface area contributed by atoms with Gasteiger partial charge in [0.05, 0.1) is 18.1 Å². The van der Waals surface area contributed by atoms with Crippen LogP contribution >= 0.6 is 0 Å². The molecule has 5 heteroatoms. The van der Waals surface area contributed by atoms with E-state index in [1.165, 1.54) is 17.3 Å². The van der Waals surface area contributed by atoms with Crippen molar-refractivity contribution in [2.75, 3.05) is 6.54 Å². The number of hydrogen-bond acceptors (Lipinski definition) is 4. The highest BCUT2D eigenvalue weighted by Gasteiger charge is 2.30. The second-order valence-corrected chi connectivity index (χ2v) is 6.27. The number of carbonyl (C=O) groups is 1. The van der Waals surface area contributed by atoms with E-state index in [4.69, 9.17) is 5.11 Å². The van der Waals surface area contributed by atoms with E-state index < -0.39 is 5.97 Å². The van der Waals surface area contributed by atoms with Crippen molar-refractivity contribution >= 4 is 5.97 Å². The summed E-state index contributed by atoms with van der Waals surface area (Å²) in [5.74, 6) is -0.504. The average Bonchev–Trinajstić information content (AvgIpc) is 2.89. The van der Waals surface area contributed by atoms with Gasteiger partial charge in [-0.05, 0) is 37.3 Å². The Labute approximate surface area is 136 Å². The lowest BCUT2D eigenvalue weighted by Gasteiger charge is -2.20. The third-order valence-corrected chi connectivity index (χ3v) is 4.62. The van der Waals surface area contributed by atoms with Crippen molar-refractivity contribution in [2.45, 2.75) is 38.8 Å². The summed E-state index contributed by atoms with van der Waals surface area (Å²) in [5.41, 5.74) is 3.57. The number of aromatic carboxylic acids is 1. The second-order valence-electron chi connectivity index (χ2n) is 6.27. The van der Waals surface area contributed by atoms with Crippen molar-refractivity contribution in [3.63, 3.8) is 0 Å². The van der Waals surface area contributed by atoms with E-state index in [9.17, 15) is 4.79 Å². The zero-order chi connectivity index (χ0) is 16.4. The van der Waals surface area contributed by atoms with E-state index in [1.807, 2.05) is 0 Å². The molecule has 0 radical (unpaired) electrons. The summed E-state index contributed by atoms with van der Waals surface area (Å²) in [6, 6.07) is 9.04. The lowest BCUT2D eigenvalue weighted by molar-refractivity contribution is 0.0690. The zero-order valence-corrected chi connectivity index (χ0v) is 13.4. The van der Waals surface area contributed by atoms with Crippen molar-refractivity contribution in [1.29, 1.82) is 0 Å². The van der Waals surface area contributed by atoms with E-state index in [1.54, 1.807) is 6.20 Å². The van der Waals surface area contributed by atoms with Gasteiger partial charge in [0.2, 0.25) is 0 Å². The van der Waals surface area contributed by atoms with Gasteiger partial charge in [-0.1, -0.05) is 24.3 Å². The Morgan fingerprint density at radius 1 is 1.30 bits per heavy atom. The maximum atomic E-state index is 10.8. The third kappa shape index (κ3) is 3.40. The first-order valence-corrected chi connectivity index (χ1v) is 7.88. The predicted octanol–water partition coefficient (Wildman–Crippen LogP) is 2.86. The third-order valence-electron chi connectivity index (χ3n) is 4.62. The molecular formula is C18H21N3O2. The number of benzene rings is 1. The molecule has 23 heavy (non-hydrogen) atoms. The van der Waals surface area contributed by atoms with Crippen molar-refractivity contribution < 1.29 is 9.90 Å². The molecule has 5 nitrogen and oxygen atoms in total. The summed E-state index contributed by atoms with van der Waals surface area (Å²) in [6.45, 7) is 6.10. The number of carboxylic acids is 1. The number of likely N-dealkylation sites (tertiary alicyclic amines) is 1. The van der Waals surface area contributed by atoms with E-state index >= 15 is 0 Å². The fraction of sp³-hybridized carbons (Fsp3) is 0.389. The maximum absolute atomic E-state index is 10.8. The van der Waals surface area contributed by atoms with Gasteiger partial charge in [0.1, 0.15) is 0 Å². The Hall–Kier alpha value is -2.27. The molecule has 0 amide bonds. The van der Waals surface area contributed by atoms with Gasteiger partial charge in [-0.25, -0.2) is 9.78 Å². The number of aryl methyl sites for hydroxylation is 1. The highest BCUT2D eigenvalue weighted by molar-refractivity contribution is 5.84. The number of nitrogens with zero attached hydrogens (tertiary/aromatic N) is 3. The van der Waals surface area contributed by atoms with Gasteiger partial charge in [-0.15, -0.1) is 0 Å². The Kier molecular flexibility index (Phi) is 4.39. The summed E-state index contributed by atoms with van der Waals surface area (Å²) in [4.78, 5) is 21.4. The monoisotopic (exact) mass is 311 g/mol. The van der Waals surface area contributed by atoms with Crippen LogP contribution in [0.25, 0.3) is 0 Å². The molecule has 1 aliphatic rings. The molecule has 0 aliphatic carbocycles. The SMILES string of the molecule is Cc1ccccc1C1CC(C)N(Cc2cnc(C(=O)O)cn2)C1. The molecule has 1 saturated heterocycles. The number of rotatable bonds is 4. The van der Waals surface area contributed by atoms with Gasteiger partial charge >= 0.3 is 5.97 Å². The number of aromatic nitrogens is 2. The van der Waals surface area contributed by atoms with Crippen LogP contribution in [-0.4, -0.2) is 38.5 Å². The lowest BCUT2D eigenvalue weighted by Crippen LogP contribution is -2.27. The molecule has 0 spiro atoms. The van der Waals surface area contributed by atoms with Crippen LogP contribution in [0, 0.1) is 6.92 Å². The molecule has 1 aromatic heterocycles. The van der Waals surface area contributed by atoms with E-state index in [0.29, 0.717) is 18.5 Å². The molecule has 0 saturated carbocycles. The minimum absolute atomic E-state index is 0.0130. The second kappa shape index (κ2) is 6.46. The van der Waals surface area contributed by atoms with Crippen LogP contribution in [0.1, 0.15) is 46.6 Å². The van der Waals surface area contributed by atoms with Crippen molar-refractivity contribution in [3.05, 3.63) is 59.2 Å². The molecule has 1 aliphatic heterocycles. The molecule has 120 valence electrons. The number of hydrogen-bond donors (Lipinski definition) is 1. The molecule has 1 aromatic carbocycles. The minimum Gasteiger partial charge on any atom is -0.476 e. The van der Waals surface area contributed by atoms with Crippen LogP contribution in [0.4, 0.5) is 0 Å². The first-order valence-electron chi connectivity index (χ1n) is 7.88.